The van der Waals surface area contributed by atoms with Crippen molar-refractivity contribution in [1.82, 2.24) is 15.1 Å². The second-order valence-electron chi connectivity index (χ2n) is 7.01. The van der Waals surface area contributed by atoms with E-state index in [9.17, 15) is 9.59 Å². The molecule has 2 aliphatic rings. The van der Waals surface area contributed by atoms with E-state index in [-0.39, 0.29) is 24.3 Å². The summed E-state index contributed by atoms with van der Waals surface area (Å²) in [5.74, 6) is 1.82. The number of nitrogens with zero attached hydrogens (tertiary/aromatic N) is 3. The molecule has 0 bridgehead atoms. The number of benzene rings is 1. The van der Waals surface area contributed by atoms with E-state index in [1.807, 2.05) is 23.1 Å². The van der Waals surface area contributed by atoms with Crippen molar-refractivity contribution >= 4 is 40.2 Å². The van der Waals surface area contributed by atoms with Crippen molar-refractivity contribution < 1.29 is 23.8 Å². The Labute approximate surface area is 188 Å². The predicted octanol–water partition coefficient (Wildman–Crippen LogP) is 3.72. The molecule has 0 saturated carbocycles. The number of nitrogens with one attached hydrogen (secondary N) is 1. The minimum absolute atomic E-state index is 0.0284. The average molecular weight is 465 g/mol. The largest absolute Gasteiger partial charge is 0.490 e. The summed E-state index contributed by atoms with van der Waals surface area (Å²) in [6.45, 7) is 4.02. The van der Waals surface area contributed by atoms with Crippen molar-refractivity contribution in [3.05, 3.63) is 23.8 Å². The molecule has 0 spiro atoms. The van der Waals surface area contributed by atoms with Crippen LogP contribution in [0, 0.1) is 0 Å². The van der Waals surface area contributed by atoms with Gasteiger partial charge in [0.2, 0.25) is 11.0 Å². The molecule has 3 heterocycles. The van der Waals surface area contributed by atoms with Crippen molar-refractivity contribution in [3.8, 4) is 11.5 Å². The Kier molecular flexibility index (Phi) is 7.13. The van der Waals surface area contributed by atoms with Crippen LogP contribution in [0.5, 0.6) is 11.5 Å². The Hall–Kier alpha value is -2.53. The number of likely N-dealkylation sites (tertiary alicyclic amines) is 1. The number of thioether (sulfide) groups is 1. The van der Waals surface area contributed by atoms with E-state index < -0.39 is 6.09 Å². The van der Waals surface area contributed by atoms with Gasteiger partial charge >= 0.3 is 6.09 Å². The minimum atomic E-state index is -0.568. The molecule has 4 rings (SSSR count). The normalized spacial score (nSPS) is 17.8. The van der Waals surface area contributed by atoms with Crippen molar-refractivity contribution in [2.45, 2.75) is 36.6 Å². The molecule has 1 atom stereocenters. The number of anilines is 1. The molecule has 1 aromatic carbocycles. The van der Waals surface area contributed by atoms with Crippen LogP contribution in [-0.4, -0.2) is 59.2 Å². The number of carbonyl (C=O) groups is 2. The van der Waals surface area contributed by atoms with Gasteiger partial charge in [-0.1, -0.05) is 29.2 Å². The Morgan fingerprint density at radius 2 is 2.10 bits per heavy atom. The fourth-order valence-corrected chi connectivity index (χ4v) is 5.20. The second-order valence-corrected chi connectivity index (χ2v) is 9.21. The van der Waals surface area contributed by atoms with Gasteiger partial charge in [0.25, 0.3) is 0 Å². The molecule has 31 heavy (non-hydrogen) atoms. The van der Waals surface area contributed by atoms with Gasteiger partial charge in [-0.15, -0.1) is 10.2 Å². The van der Waals surface area contributed by atoms with Gasteiger partial charge in [-0.25, -0.2) is 4.79 Å². The van der Waals surface area contributed by atoms with Crippen LogP contribution in [0.4, 0.5) is 9.93 Å². The van der Waals surface area contributed by atoms with E-state index in [0.29, 0.717) is 22.7 Å². The molecule has 0 radical (unpaired) electrons. The highest BCUT2D eigenvalue weighted by atomic mass is 32.2. The predicted molar refractivity (Wildman–Crippen MR) is 117 cm³/mol. The molecule has 1 unspecified atom stereocenters. The molecule has 2 aliphatic heterocycles. The first-order valence-corrected chi connectivity index (χ1v) is 12.0. The first-order chi connectivity index (χ1) is 15.1. The number of rotatable bonds is 6. The van der Waals surface area contributed by atoms with Crippen molar-refractivity contribution in [2.24, 2.45) is 0 Å². The highest BCUT2D eigenvalue weighted by Crippen LogP contribution is 2.38. The van der Waals surface area contributed by atoms with Crippen molar-refractivity contribution in [2.75, 3.05) is 37.4 Å². The van der Waals surface area contributed by atoms with Crippen molar-refractivity contribution in [3.63, 3.8) is 0 Å². The summed E-state index contributed by atoms with van der Waals surface area (Å²) >= 11 is 2.53. The third-order valence-electron chi connectivity index (χ3n) is 4.94. The summed E-state index contributed by atoms with van der Waals surface area (Å²) in [7, 11) is 0. The molecular weight excluding hydrogens is 440 g/mol. The first kappa shape index (κ1) is 21.7. The third-order valence-corrected chi connectivity index (χ3v) is 6.90. The lowest BCUT2D eigenvalue weighted by Crippen LogP contribution is -2.32. The zero-order chi connectivity index (χ0) is 21.6. The van der Waals surface area contributed by atoms with Crippen LogP contribution in [-0.2, 0) is 9.53 Å². The summed E-state index contributed by atoms with van der Waals surface area (Å²) in [6, 6.07) is 5.99. The standard InChI is InChI=1S/C20H24N4O5S2/c1-2-27-19(26)21-18-22-23-20(31-18)30-12-17(25)24-8-3-5-14(24)13-6-7-15-16(11-13)29-10-4-9-28-15/h6-7,11,14H,2-5,8-10,12H2,1H3,(H,21,22,26). The van der Waals surface area contributed by atoms with E-state index in [0.717, 1.165) is 42.9 Å². The Balaban J connectivity index is 1.36. The molecule has 9 nitrogen and oxygen atoms in total. The van der Waals surface area contributed by atoms with E-state index in [4.69, 9.17) is 14.2 Å². The molecule has 1 fully saturated rings. The maximum absolute atomic E-state index is 12.9. The summed E-state index contributed by atoms with van der Waals surface area (Å²) in [6.07, 6.45) is 2.17. The first-order valence-electron chi connectivity index (χ1n) is 10.2. The van der Waals surface area contributed by atoms with Crippen LogP contribution in [0.2, 0.25) is 0 Å². The lowest BCUT2D eigenvalue weighted by molar-refractivity contribution is -0.129. The number of amides is 2. The van der Waals surface area contributed by atoms with Gasteiger partial charge in [-0.05, 0) is 37.5 Å². The van der Waals surface area contributed by atoms with Crippen LogP contribution in [0.3, 0.4) is 0 Å². The summed E-state index contributed by atoms with van der Waals surface area (Å²) in [5.41, 5.74) is 1.07. The maximum atomic E-state index is 12.9. The Morgan fingerprint density at radius 3 is 2.94 bits per heavy atom. The fraction of sp³-hybridized carbons (Fsp3) is 0.500. The lowest BCUT2D eigenvalue weighted by atomic mass is 10.0. The summed E-state index contributed by atoms with van der Waals surface area (Å²) in [5, 5.41) is 10.8. The van der Waals surface area contributed by atoms with Crippen molar-refractivity contribution in [1.29, 1.82) is 0 Å². The quantitative estimate of drug-likeness (QED) is 0.510. The molecule has 11 heteroatoms. The van der Waals surface area contributed by atoms with Crippen LogP contribution < -0.4 is 14.8 Å². The molecule has 166 valence electrons. The highest BCUT2D eigenvalue weighted by molar-refractivity contribution is 8.01. The van der Waals surface area contributed by atoms with Gasteiger partial charge in [0, 0.05) is 13.0 Å². The van der Waals surface area contributed by atoms with Gasteiger partial charge < -0.3 is 19.1 Å². The topological polar surface area (TPSA) is 103 Å². The molecule has 2 aromatic rings. The van der Waals surface area contributed by atoms with Crippen LogP contribution in [0.25, 0.3) is 0 Å². The lowest BCUT2D eigenvalue weighted by Gasteiger charge is -2.25. The number of hydrogen-bond donors (Lipinski definition) is 1. The van der Waals surface area contributed by atoms with Crippen LogP contribution in [0.1, 0.15) is 37.8 Å². The second kappa shape index (κ2) is 10.2. The van der Waals surface area contributed by atoms with Gasteiger partial charge in [0.1, 0.15) is 0 Å². The zero-order valence-corrected chi connectivity index (χ0v) is 18.8. The summed E-state index contributed by atoms with van der Waals surface area (Å²) < 4.78 is 17.0. The van der Waals surface area contributed by atoms with Gasteiger partial charge in [0.05, 0.1) is 31.6 Å². The number of carbonyl (C=O) groups excluding carboxylic acids is 2. The number of fused-ring (bicyclic) bond motifs is 1. The van der Waals surface area contributed by atoms with E-state index in [1.54, 1.807) is 6.92 Å². The zero-order valence-electron chi connectivity index (χ0n) is 17.2. The maximum Gasteiger partial charge on any atom is 0.413 e. The molecule has 1 N–H and O–H groups in total. The average Bonchev–Trinajstić information content (AvgIpc) is 3.36. The molecule has 2 amide bonds. The monoisotopic (exact) mass is 464 g/mol. The minimum Gasteiger partial charge on any atom is -0.490 e. The van der Waals surface area contributed by atoms with Crippen LogP contribution in [0.15, 0.2) is 22.5 Å². The highest BCUT2D eigenvalue weighted by Gasteiger charge is 2.31. The van der Waals surface area contributed by atoms with E-state index >= 15 is 0 Å². The van der Waals surface area contributed by atoms with E-state index in [1.165, 1.54) is 23.1 Å². The number of aromatic nitrogens is 2. The third kappa shape index (κ3) is 5.40. The molecule has 1 aromatic heterocycles. The van der Waals surface area contributed by atoms with Gasteiger partial charge in [-0.2, -0.15) is 0 Å². The Bertz CT molecular complexity index is 938. The van der Waals surface area contributed by atoms with E-state index in [2.05, 4.69) is 15.5 Å². The molecular formula is C20H24N4O5S2. The molecule has 0 aliphatic carbocycles. The SMILES string of the molecule is CCOC(=O)Nc1nnc(SCC(=O)N2CCCC2c2ccc3c(c2)OCCCO3)s1. The number of ether oxygens (including phenoxy) is 3. The molecule has 1 saturated heterocycles. The van der Waals surface area contributed by atoms with Gasteiger partial charge in [-0.3, -0.25) is 10.1 Å². The number of hydrogen-bond acceptors (Lipinski definition) is 9. The Morgan fingerprint density at radius 1 is 1.26 bits per heavy atom. The smallest absolute Gasteiger partial charge is 0.413 e. The summed E-state index contributed by atoms with van der Waals surface area (Å²) in [4.78, 5) is 26.3. The van der Waals surface area contributed by atoms with Gasteiger partial charge in [0.15, 0.2) is 15.8 Å². The van der Waals surface area contributed by atoms with Crippen LogP contribution >= 0.6 is 23.1 Å². The fourth-order valence-electron chi connectivity index (χ4n) is 3.58.